The molecule has 1 heterocycles. The molecule has 1 aromatic heterocycles. The first kappa shape index (κ1) is 14.3. The van der Waals surface area contributed by atoms with Crippen LogP contribution in [0.5, 0.6) is 0 Å². The molecule has 0 unspecified atom stereocenters. The minimum atomic E-state index is -0.541. The van der Waals surface area contributed by atoms with E-state index in [9.17, 15) is 9.18 Å². The van der Waals surface area contributed by atoms with Crippen molar-refractivity contribution in [1.82, 2.24) is 4.57 Å². The summed E-state index contributed by atoms with van der Waals surface area (Å²) in [7, 11) is 1.83. The molecule has 0 aliphatic rings. The number of fused-ring (bicyclic) bond motifs is 1. The second kappa shape index (κ2) is 5.28. The molecular weight excluding hydrogens is 357 g/mol. The van der Waals surface area contributed by atoms with Crippen molar-refractivity contribution in [3.05, 3.63) is 69.0 Å². The van der Waals surface area contributed by atoms with Crippen LogP contribution < -0.4 is 0 Å². The van der Waals surface area contributed by atoms with E-state index < -0.39 is 5.82 Å². The molecule has 0 bridgehead atoms. The number of aromatic nitrogens is 1. The summed E-state index contributed by atoms with van der Waals surface area (Å²) in [6.07, 6.45) is 1.70. The van der Waals surface area contributed by atoms with Gasteiger partial charge in [0.05, 0.1) is 5.56 Å². The highest BCUT2D eigenvalue weighted by molar-refractivity contribution is 9.10. The Morgan fingerprint density at radius 1 is 1.19 bits per heavy atom. The van der Waals surface area contributed by atoms with E-state index in [1.165, 1.54) is 12.1 Å². The molecule has 0 N–H and O–H groups in total. The number of hydrogen-bond acceptors (Lipinski definition) is 1. The van der Waals surface area contributed by atoms with Crippen LogP contribution >= 0.6 is 27.5 Å². The topological polar surface area (TPSA) is 22.0 Å². The molecule has 2 nitrogen and oxygen atoms in total. The molecular formula is C16H10BrClFNO. The first-order chi connectivity index (χ1) is 9.97. The van der Waals surface area contributed by atoms with Gasteiger partial charge in [-0.1, -0.05) is 33.6 Å². The second-order valence-corrected chi connectivity index (χ2v) is 6.12. The van der Waals surface area contributed by atoms with E-state index >= 15 is 0 Å². The van der Waals surface area contributed by atoms with Crippen molar-refractivity contribution in [3.8, 4) is 0 Å². The van der Waals surface area contributed by atoms with Crippen LogP contribution in [0.3, 0.4) is 0 Å². The second-order valence-electron chi connectivity index (χ2n) is 4.77. The molecule has 106 valence electrons. The molecule has 0 aliphatic heterocycles. The first-order valence-electron chi connectivity index (χ1n) is 6.21. The van der Waals surface area contributed by atoms with Crippen molar-refractivity contribution in [2.24, 2.45) is 7.05 Å². The van der Waals surface area contributed by atoms with E-state index in [0.29, 0.717) is 15.1 Å². The SMILES string of the molecule is Cn1cc(C(=O)c2ccc(Br)cc2F)c2ccc(Cl)cc21. The smallest absolute Gasteiger partial charge is 0.198 e. The highest BCUT2D eigenvalue weighted by Crippen LogP contribution is 2.27. The lowest BCUT2D eigenvalue weighted by Crippen LogP contribution is -2.03. The quantitative estimate of drug-likeness (QED) is 0.587. The number of rotatable bonds is 2. The molecule has 0 atom stereocenters. The third kappa shape index (κ3) is 2.49. The fourth-order valence-corrected chi connectivity index (χ4v) is 2.86. The van der Waals surface area contributed by atoms with Crippen LogP contribution in [0.25, 0.3) is 10.9 Å². The lowest BCUT2D eigenvalue weighted by molar-refractivity contribution is 0.103. The fraction of sp³-hybridized carbons (Fsp3) is 0.0625. The van der Waals surface area contributed by atoms with Gasteiger partial charge in [0.1, 0.15) is 5.82 Å². The number of hydrogen-bond donors (Lipinski definition) is 0. The van der Waals surface area contributed by atoms with E-state index in [1.54, 1.807) is 30.5 Å². The molecule has 0 fully saturated rings. The van der Waals surface area contributed by atoms with E-state index in [-0.39, 0.29) is 11.3 Å². The monoisotopic (exact) mass is 365 g/mol. The normalized spacial score (nSPS) is 11.0. The standard InChI is InChI=1S/C16H10BrClFNO/c1-20-8-13(11-5-3-10(18)7-15(11)20)16(21)12-4-2-9(17)6-14(12)19/h2-8H,1H3. The molecule has 2 aromatic carbocycles. The number of nitrogens with zero attached hydrogens (tertiary/aromatic N) is 1. The number of benzene rings is 2. The van der Waals surface area contributed by atoms with Crippen molar-refractivity contribution in [1.29, 1.82) is 0 Å². The van der Waals surface area contributed by atoms with Crippen LogP contribution in [0.2, 0.25) is 5.02 Å². The number of carbonyl (C=O) groups is 1. The number of aryl methyl sites for hydroxylation is 1. The molecule has 21 heavy (non-hydrogen) atoms. The van der Waals surface area contributed by atoms with Crippen LogP contribution in [0.1, 0.15) is 15.9 Å². The van der Waals surface area contributed by atoms with E-state index in [2.05, 4.69) is 15.9 Å². The van der Waals surface area contributed by atoms with Crippen LogP contribution in [0.4, 0.5) is 4.39 Å². The summed E-state index contributed by atoms with van der Waals surface area (Å²) in [5.41, 5.74) is 1.36. The van der Waals surface area contributed by atoms with Crippen molar-refractivity contribution >= 4 is 44.2 Å². The maximum atomic E-state index is 14.0. The predicted molar refractivity (Wildman–Crippen MR) is 85.5 cm³/mol. The van der Waals surface area contributed by atoms with Crippen molar-refractivity contribution < 1.29 is 9.18 Å². The fourth-order valence-electron chi connectivity index (χ4n) is 2.36. The summed E-state index contributed by atoms with van der Waals surface area (Å²) >= 11 is 9.16. The summed E-state index contributed by atoms with van der Waals surface area (Å²) in [6, 6.07) is 9.70. The Morgan fingerprint density at radius 3 is 2.67 bits per heavy atom. The first-order valence-corrected chi connectivity index (χ1v) is 7.39. The lowest BCUT2D eigenvalue weighted by Gasteiger charge is -2.02. The molecule has 0 aliphatic carbocycles. The largest absolute Gasteiger partial charge is 0.350 e. The Hall–Kier alpha value is -1.65. The molecule has 5 heteroatoms. The zero-order valence-corrected chi connectivity index (χ0v) is 13.4. The zero-order chi connectivity index (χ0) is 15.1. The zero-order valence-electron chi connectivity index (χ0n) is 11.0. The van der Waals surface area contributed by atoms with Gasteiger partial charge in [-0.3, -0.25) is 4.79 Å². The van der Waals surface area contributed by atoms with Gasteiger partial charge in [0.15, 0.2) is 5.78 Å². The van der Waals surface area contributed by atoms with Crippen LogP contribution in [-0.4, -0.2) is 10.4 Å². The van der Waals surface area contributed by atoms with Crippen LogP contribution in [0, 0.1) is 5.82 Å². The number of ketones is 1. The van der Waals surface area contributed by atoms with Gasteiger partial charge in [-0.15, -0.1) is 0 Å². The third-order valence-electron chi connectivity index (χ3n) is 3.37. The van der Waals surface area contributed by atoms with E-state index in [1.807, 2.05) is 11.6 Å². The Labute approximate surface area is 134 Å². The van der Waals surface area contributed by atoms with Gasteiger partial charge in [0, 0.05) is 39.2 Å². The highest BCUT2D eigenvalue weighted by atomic mass is 79.9. The number of halogens is 3. The maximum absolute atomic E-state index is 14.0. The average molecular weight is 367 g/mol. The summed E-state index contributed by atoms with van der Waals surface area (Å²) < 4.78 is 16.4. The van der Waals surface area contributed by atoms with Gasteiger partial charge >= 0.3 is 0 Å². The Kier molecular flexibility index (Phi) is 3.59. The van der Waals surface area contributed by atoms with Gasteiger partial charge in [0.25, 0.3) is 0 Å². The Bertz CT molecular complexity index is 872. The highest BCUT2D eigenvalue weighted by Gasteiger charge is 2.19. The van der Waals surface area contributed by atoms with Crippen molar-refractivity contribution in [2.75, 3.05) is 0 Å². The molecule has 0 amide bonds. The average Bonchev–Trinajstić information content (AvgIpc) is 2.75. The summed E-state index contributed by atoms with van der Waals surface area (Å²) in [5, 5.41) is 1.35. The predicted octanol–water partition coefficient (Wildman–Crippen LogP) is 4.96. The Balaban J connectivity index is 2.18. The number of carbonyl (C=O) groups excluding carboxylic acids is 1. The Morgan fingerprint density at radius 2 is 1.95 bits per heavy atom. The summed E-state index contributed by atoms with van der Waals surface area (Å²) in [5.74, 6) is -0.881. The third-order valence-corrected chi connectivity index (χ3v) is 4.10. The summed E-state index contributed by atoms with van der Waals surface area (Å²) in [4.78, 5) is 12.6. The van der Waals surface area contributed by atoms with E-state index in [0.717, 1.165) is 10.9 Å². The van der Waals surface area contributed by atoms with E-state index in [4.69, 9.17) is 11.6 Å². The minimum absolute atomic E-state index is 0.0562. The van der Waals surface area contributed by atoms with Crippen LogP contribution in [0.15, 0.2) is 47.1 Å². The van der Waals surface area contributed by atoms with Gasteiger partial charge in [-0.25, -0.2) is 4.39 Å². The van der Waals surface area contributed by atoms with Gasteiger partial charge in [-0.05, 0) is 30.3 Å². The molecule has 0 saturated carbocycles. The molecule has 3 aromatic rings. The lowest BCUT2D eigenvalue weighted by atomic mass is 10.0. The van der Waals surface area contributed by atoms with Crippen LogP contribution in [-0.2, 0) is 7.05 Å². The summed E-state index contributed by atoms with van der Waals surface area (Å²) in [6.45, 7) is 0. The van der Waals surface area contributed by atoms with Crippen molar-refractivity contribution in [3.63, 3.8) is 0 Å². The minimum Gasteiger partial charge on any atom is -0.350 e. The molecule has 3 rings (SSSR count). The maximum Gasteiger partial charge on any atom is 0.198 e. The molecule has 0 radical (unpaired) electrons. The van der Waals surface area contributed by atoms with Gasteiger partial charge < -0.3 is 4.57 Å². The van der Waals surface area contributed by atoms with Crippen molar-refractivity contribution in [2.45, 2.75) is 0 Å². The van der Waals surface area contributed by atoms with Gasteiger partial charge in [0.2, 0.25) is 0 Å². The van der Waals surface area contributed by atoms with Gasteiger partial charge in [-0.2, -0.15) is 0 Å². The molecule has 0 saturated heterocycles. The molecule has 0 spiro atoms.